The lowest BCUT2D eigenvalue weighted by Gasteiger charge is -1.97. The molecule has 1 saturated heterocycles. The third kappa shape index (κ3) is 4.72. The van der Waals surface area contributed by atoms with Gasteiger partial charge >= 0.3 is 0 Å². The number of carbonyl (C=O) groups excluding carboxylic acids is 2. The fourth-order valence-electron chi connectivity index (χ4n) is 1.65. The van der Waals surface area contributed by atoms with Crippen molar-refractivity contribution in [2.45, 2.75) is 18.5 Å². The van der Waals surface area contributed by atoms with Crippen LogP contribution in [0.5, 0.6) is 0 Å². The van der Waals surface area contributed by atoms with E-state index in [9.17, 15) is 9.59 Å². The quantitative estimate of drug-likeness (QED) is 0.383. The number of halogens is 1. The molecule has 1 N–H and O–H groups in total. The highest BCUT2D eigenvalue weighted by molar-refractivity contribution is 8.15. The Kier molecular flexibility index (Phi) is 5.58. The Morgan fingerprint density at radius 2 is 2.19 bits per heavy atom. The van der Waals surface area contributed by atoms with Crippen molar-refractivity contribution in [2.24, 2.45) is 10.2 Å². The Hall–Kier alpha value is -1.60. The van der Waals surface area contributed by atoms with Crippen molar-refractivity contribution in [3.63, 3.8) is 0 Å². The molecule has 2 rings (SSSR count). The molecule has 1 radical (unpaired) electrons. The number of thioether (sulfide) groups is 1. The van der Waals surface area contributed by atoms with E-state index in [1.54, 1.807) is 6.21 Å². The Labute approximate surface area is 132 Å². The molecule has 8 heteroatoms. The minimum absolute atomic E-state index is 0.0181. The highest BCUT2D eigenvalue weighted by Gasteiger charge is 2.31. The molecule has 0 aromatic heterocycles. The van der Waals surface area contributed by atoms with Gasteiger partial charge < -0.3 is 5.32 Å². The van der Waals surface area contributed by atoms with Gasteiger partial charge in [0.1, 0.15) is 7.28 Å². The van der Waals surface area contributed by atoms with Crippen molar-refractivity contribution in [2.75, 3.05) is 0 Å². The van der Waals surface area contributed by atoms with E-state index >= 15 is 0 Å². The van der Waals surface area contributed by atoms with Crippen LogP contribution in [-0.2, 0) is 9.59 Å². The van der Waals surface area contributed by atoms with Crippen LogP contribution in [-0.4, -0.2) is 35.1 Å². The molecule has 1 aliphatic heterocycles. The average Bonchev–Trinajstić information content (AvgIpc) is 2.79. The number of hydrogen-bond donors (Lipinski definition) is 1. The number of amidine groups is 1. The van der Waals surface area contributed by atoms with Crippen LogP contribution in [0.15, 0.2) is 34.5 Å². The van der Waals surface area contributed by atoms with Gasteiger partial charge in [0.2, 0.25) is 11.1 Å². The first-order valence-corrected chi connectivity index (χ1v) is 7.50. The predicted molar refractivity (Wildman–Crippen MR) is 87.7 cm³/mol. The van der Waals surface area contributed by atoms with Gasteiger partial charge in [0.15, 0.2) is 5.17 Å². The minimum Gasteiger partial charge on any atom is -0.303 e. The van der Waals surface area contributed by atoms with Crippen LogP contribution < -0.4 is 10.8 Å². The molecule has 0 spiro atoms. The van der Waals surface area contributed by atoms with Crippen molar-refractivity contribution in [1.82, 2.24) is 5.32 Å². The van der Waals surface area contributed by atoms with Crippen LogP contribution in [0.1, 0.15) is 12.0 Å². The van der Waals surface area contributed by atoms with Crippen LogP contribution in [0.4, 0.5) is 0 Å². The monoisotopic (exact) mass is 320 g/mol. The number of nitrogens with zero attached hydrogens (tertiary/aromatic N) is 2. The Morgan fingerprint density at radius 3 is 2.81 bits per heavy atom. The predicted octanol–water partition coefficient (Wildman–Crippen LogP) is 1.14. The highest BCUT2D eigenvalue weighted by atomic mass is 35.5. The van der Waals surface area contributed by atoms with E-state index in [0.29, 0.717) is 5.17 Å². The second kappa shape index (κ2) is 7.42. The van der Waals surface area contributed by atoms with Gasteiger partial charge in [-0.1, -0.05) is 48.3 Å². The molecule has 1 unspecified atom stereocenters. The van der Waals surface area contributed by atoms with E-state index in [4.69, 9.17) is 11.6 Å². The molecule has 0 aliphatic carbocycles. The summed E-state index contributed by atoms with van der Waals surface area (Å²) in [5.74, 6) is -0.272. The maximum atomic E-state index is 11.5. The van der Waals surface area contributed by atoms with Gasteiger partial charge in [-0.2, -0.15) is 5.10 Å². The molecule has 107 valence electrons. The van der Waals surface area contributed by atoms with Crippen molar-refractivity contribution in [3.05, 3.63) is 29.8 Å². The summed E-state index contributed by atoms with van der Waals surface area (Å²) >= 11 is 6.43. The molecule has 21 heavy (non-hydrogen) atoms. The van der Waals surface area contributed by atoms with Gasteiger partial charge in [0, 0.05) is 6.42 Å². The highest BCUT2D eigenvalue weighted by Crippen LogP contribution is 2.23. The normalized spacial score (nSPS) is 20.0. The average molecular weight is 321 g/mol. The summed E-state index contributed by atoms with van der Waals surface area (Å²) in [6, 6.07) is 7.80. The molecular formula is C13H12BClN3O2S. The summed E-state index contributed by atoms with van der Waals surface area (Å²) in [6.07, 6.45) is 1.58. The van der Waals surface area contributed by atoms with E-state index in [1.165, 1.54) is 0 Å². The second-order valence-corrected chi connectivity index (χ2v) is 5.87. The van der Waals surface area contributed by atoms with Gasteiger partial charge in [0.25, 0.3) is 0 Å². The molecular weight excluding hydrogens is 308 g/mol. The summed E-state index contributed by atoms with van der Waals surface area (Å²) in [5.41, 5.74) is 2.04. The first-order chi connectivity index (χ1) is 10.1. The molecule has 1 aromatic rings. The largest absolute Gasteiger partial charge is 0.303 e. The molecule has 1 atom stereocenters. The van der Waals surface area contributed by atoms with Crippen molar-refractivity contribution in [1.29, 1.82) is 0 Å². The summed E-state index contributed by atoms with van der Waals surface area (Å²) in [6.45, 7) is 1.97. The SMILES string of the molecule is C[B]c1ccc(/C=N/N=C2/NC(=O)C(CC(=O)Cl)S2)cc1. The van der Waals surface area contributed by atoms with E-state index < -0.39 is 10.5 Å². The number of benzene rings is 1. The lowest BCUT2D eigenvalue weighted by Crippen LogP contribution is -2.25. The third-order valence-electron chi connectivity index (χ3n) is 2.75. The summed E-state index contributed by atoms with van der Waals surface area (Å²) in [5, 5.41) is 9.72. The first-order valence-electron chi connectivity index (χ1n) is 6.25. The first kappa shape index (κ1) is 15.8. The van der Waals surface area contributed by atoms with Crippen LogP contribution in [0, 0.1) is 0 Å². The van der Waals surface area contributed by atoms with Gasteiger partial charge in [-0.05, 0) is 17.2 Å². The van der Waals surface area contributed by atoms with Crippen LogP contribution in [0.25, 0.3) is 0 Å². The Balaban J connectivity index is 1.96. The van der Waals surface area contributed by atoms with E-state index in [0.717, 1.165) is 22.8 Å². The van der Waals surface area contributed by atoms with Gasteiger partial charge in [-0.3, -0.25) is 9.59 Å². The Morgan fingerprint density at radius 1 is 1.48 bits per heavy atom. The molecule has 0 saturated carbocycles. The molecule has 5 nitrogen and oxygen atoms in total. The van der Waals surface area contributed by atoms with Crippen molar-refractivity contribution < 1.29 is 9.59 Å². The Bertz CT molecular complexity index is 604. The number of amides is 1. The van der Waals surface area contributed by atoms with E-state index in [2.05, 4.69) is 15.5 Å². The molecule has 1 fully saturated rings. The molecule has 1 heterocycles. The maximum absolute atomic E-state index is 11.5. The van der Waals surface area contributed by atoms with E-state index in [1.807, 2.05) is 38.4 Å². The lowest BCUT2D eigenvalue weighted by atomic mass is 9.73. The molecule has 0 bridgehead atoms. The summed E-state index contributed by atoms with van der Waals surface area (Å²) in [7, 11) is 2.00. The topological polar surface area (TPSA) is 70.9 Å². The minimum atomic E-state index is -0.541. The molecule has 1 amide bonds. The molecule has 1 aliphatic rings. The molecule has 1 aromatic carbocycles. The number of hydrogen-bond acceptors (Lipinski definition) is 5. The zero-order valence-electron chi connectivity index (χ0n) is 11.2. The zero-order valence-corrected chi connectivity index (χ0v) is 12.8. The second-order valence-electron chi connectivity index (χ2n) is 4.26. The summed E-state index contributed by atoms with van der Waals surface area (Å²) < 4.78 is 0. The van der Waals surface area contributed by atoms with Gasteiger partial charge in [-0.15, -0.1) is 5.10 Å². The van der Waals surface area contributed by atoms with Gasteiger partial charge in [-0.25, -0.2) is 0 Å². The smallest absolute Gasteiger partial charge is 0.240 e. The van der Waals surface area contributed by atoms with Crippen LogP contribution >= 0.6 is 23.4 Å². The fraction of sp³-hybridized carbons (Fsp3) is 0.231. The lowest BCUT2D eigenvalue weighted by molar-refractivity contribution is -0.121. The fourth-order valence-corrected chi connectivity index (χ4v) is 2.82. The number of rotatable bonds is 5. The standard InChI is InChI=1S/C13H12BClN3O2S/c1-14-9-4-2-8(3-5-9)7-16-18-13-17-12(20)10(21-13)6-11(15)19/h2-5,7,10H,6H2,1H3,(H,17,18,20)/b16-7+. The summed E-state index contributed by atoms with van der Waals surface area (Å²) in [4.78, 5) is 22.3. The van der Waals surface area contributed by atoms with Crippen LogP contribution in [0.2, 0.25) is 6.82 Å². The third-order valence-corrected chi connectivity index (χ3v) is 3.97. The zero-order chi connectivity index (χ0) is 15.2. The van der Waals surface area contributed by atoms with Gasteiger partial charge in [0.05, 0.1) is 11.5 Å². The van der Waals surface area contributed by atoms with E-state index in [-0.39, 0.29) is 12.3 Å². The van der Waals surface area contributed by atoms with Crippen molar-refractivity contribution >= 4 is 58.6 Å². The van der Waals surface area contributed by atoms with Crippen LogP contribution in [0.3, 0.4) is 0 Å². The maximum Gasteiger partial charge on any atom is 0.240 e. The number of carbonyl (C=O) groups is 2. The van der Waals surface area contributed by atoms with Crippen molar-refractivity contribution in [3.8, 4) is 0 Å². The number of nitrogens with one attached hydrogen (secondary N) is 1.